The van der Waals surface area contributed by atoms with Crippen molar-refractivity contribution in [2.75, 3.05) is 45.3 Å². The molecule has 2 aromatic rings. The number of rotatable bonds is 5. The minimum absolute atomic E-state index is 0.429. The minimum atomic E-state index is 0.429. The first-order valence-corrected chi connectivity index (χ1v) is 8.66. The topological polar surface area (TPSA) is 67.3 Å². The van der Waals surface area contributed by atoms with E-state index in [0.717, 1.165) is 62.2 Å². The summed E-state index contributed by atoms with van der Waals surface area (Å²) in [5, 5.41) is 0. The largest absolute Gasteiger partial charge is 0.380 e. The maximum Gasteiger partial charge on any atom is 0.224 e. The fraction of sp³-hybridized carbons (Fsp3) is 0.556. The van der Waals surface area contributed by atoms with E-state index < -0.39 is 0 Å². The highest BCUT2D eigenvalue weighted by atomic mass is 16.5. The summed E-state index contributed by atoms with van der Waals surface area (Å²) in [7, 11) is 3.89. The number of hydrogen-bond donors (Lipinski definition) is 0. The van der Waals surface area contributed by atoms with Crippen LogP contribution in [0.4, 0.5) is 5.95 Å². The molecule has 0 aliphatic carbocycles. The van der Waals surface area contributed by atoms with Crippen molar-refractivity contribution in [3.63, 3.8) is 0 Å². The Labute approximate surface area is 149 Å². The van der Waals surface area contributed by atoms with Crippen molar-refractivity contribution in [3.05, 3.63) is 41.7 Å². The van der Waals surface area contributed by atoms with E-state index in [1.54, 1.807) is 6.33 Å². The zero-order valence-corrected chi connectivity index (χ0v) is 15.2. The van der Waals surface area contributed by atoms with Gasteiger partial charge in [0.25, 0.3) is 0 Å². The highest BCUT2D eigenvalue weighted by molar-refractivity contribution is 5.26. The van der Waals surface area contributed by atoms with Crippen LogP contribution < -0.4 is 4.90 Å². The van der Waals surface area contributed by atoms with E-state index in [-0.39, 0.29) is 0 Å². The summed E-state index contributed by atoms with van der Waals surface area (Å²) in [6.45, 7) is 6.29. The first-order chi connectivity index (χ1) is 12.1. The molecule has 7 nitrogen and oxygen atoms in total. The van der Waals surface area contributed by atoms with Crippen molar-refractivity contribution in [2.45, 2.75) is 19.9 Å². The quantitative estimate of drug-likeness (QED) is 0.812. The Hall–Kier alpha value is -2.12. The van der Waals surface area contributed by atoms with E-state index in [1.807, 2.05) is 38.3 Å². The van der Waals surface area contributed by atoms with Gasteiger partial charge in [0, 0.05) is 69.0 Å². The number of anilines is 1. The standard InChI is InChI=1S/C18H26N6O/c1-14-6-17(22-13-21-14)7-15-10-24(4-5-25-12-15)11-16-8-19-18(20-9-16)23(2)3/h6,8-9,13,15H,4-5,7,10-12H2,1-3H3. The lowest BCUT2D eigenvalue weighted by atomic mass is 10.0. The molecule has 0 amide bonds. The lowest BCUT2D eigenvalue weighted by Crippen LogP contribution is -2.30. The fourth-order valence-corrected chi connectivity index (χ4v) is 3.06. The van der Waals surface area contributed by atoms with Crippen LogP contribution in [0.25, 0.3) is 0 Å². The van der Waals surface area contributed by atoms with Crippen LogP contribution in [0.1, 0.15) is 17.0 Å². The van der Waals surface area contributed by atoms with E-state index in [9.17, 15) is 0 Å². The Morgan fingerprint density at radius 3 is 2.72 bits per heavy atom. The summed E-state index contributed by atoms with van der Waals surface area (Å²) >= 11 is 0. The third-order valence-corrected chi connectivity index (χ3v) is 4.28. The second-order valence-corrected chi connectivity index (χ2v) is 6.82. The van der Waals surface area contributed by atoms with Gasteiger partial charge in [-0.1, -0.05) is 0 Å². The summed E-state index contributed by atoms with van der Waals surface area (Å²) in [5.74, 6) is 1.17. The maximum absolute atomic E-state index is 5.81. The van der Waals surface area contributed by atoms with Crippen molar-refractivity contribution >= 4 is 5.95 Å². The van der Waals surface area contributed by atoms with Gasteiger partial charge in [-0.25, -0.2) is 19.9 Å². The SMILES string of the molecule is Cc1cc(CC2COCCN(Cc3cnc(N(C)C)nc3)C2)ncn1. The molecule has 0 radical (unpaired) electrons. The van der Waals surface area contributed by atoms with E-state index >= 15 is 0 Å². The molecule has 1 unspecified atom stereocenters. The average Bonchev–Trinajstić information content (AvgIpc) is 2.80. The van der Waals surface area contributed by atoms with Crippen molar-refractivity contribution in [1.29, 1.82) is 0 Å². The summed E-state index contributed by atoms with van der Waals surface area (Å²) in [5.41, 5.74) is 3.22. The van der Waals surface area contributed by atoms with E-state index in [4.69, 9.17) is 4.74 Å². The Morgan fingerprint density at radius 1 is 1.20 bits per heavy atom. The number of ether oxygens (including phenoxy) is 1. The number of aromatic nitrogens is 4. The van der Waals surface area contributed by atoms with Crippen molar-refractivity contribution in [3.8, 4) is 0 Å². The van der Waals surface area contributed by atoms with Gasteiger partial charge >= 0.3 is 0 Å². The molecule has 134 valence electrons. The smallest absolute Gasteiger partial charge is 0.224 e. The summed E-state index contributed by atoms with van der Waals surface area (Å²) < 4.78 is 5.81. The van der Waals surface area contributed by atoms with Gasteiger partial charge in [-0.3, -0.25) is 4.90 Å². The molecular formula is C18H26N6O. The highest BCUT2D eigenvalue weighted by Gasteiger charge is 2.20. The Morgan fingerprint density at radius 2 is 2.00 bits per heavy atom. The average molecular weight is 342 g/mol. The van der Waals surface area contributed by atoms with Crippen LogP contribution in [0.3, 0.4) is 0 Å². The molecule has 0 aromatic carbocycles. The first-order valence-electron chi connectivity index (χ1n) is 8.66. The Bertz CT molecular complexity index is 676. The van der Waals surface area contributed by atoms with Gasteiger partial charge in [0.05, 0.1) is 13.2 Å². The molecule has 1 fully saturated rings. The van der Waals surface area contributed by atoms with Crippen molar-refractivity contribution in [1.82, 2.24) is 24.8 Å². The fourth-order valence-electron chi connectivity index (χ4n) is 3.06. The molecule has 1 saturated heterocycles. The number of aryl methyl sites for hydroxylation is 1. The van der Waals surface area contributed by atoms with Crippen LogP contribution in [-0.4, -0.2) is 65.2 Å². The molecule has 0 bridgehead atoms. The van der Waals surface area contributed by atoms with Crippen LogP contribution in [0.15, 0.2) is 24.8 Å². The third kappa shape index (κ3) is 5.17. The molecular weight excluding hydrogens is 316 g/mol. The number of hydrogen-bond acceptors (Lipinski definition) is 7. The molecule has 1 atom stereocenters. The molecule has 1 aliphatic rings. The predicted octanol–water partition coefficient (Wildman–Crippen LogP) is 1.33. The van der Waals surface area contributed by atoms with Gasteiger partial charge in [0.15, 0.2) is 0 Å². The van der Waals surface area contributed by atoms with Gasteiger partial charge in [-0.05, 0) is 19.4 Å². The molecule has 3 rings (SSSR count). The molecule has 2 aromatic heterocycles. The molecule has 7 heteroatoms. The molecule has 0 spiro atoms. The lowest BCUT2D eigenvalue weighted by Gasteiger charge is -2.23. The zero-order chi connectivity index (χ0) is 17.6. The van der Waals surface area contributed by atoms with E-state index in [0.29, 0.717) is 5.92 Å². The molecule has 25 heavy (non-hydrogen) atoms. The van der Waals surface area contributed by atoms with Crippen LogP contribution in [0, 0.1) is 12.8 Å². The van der Waals surface area contributed by atoms with Gasteiger partial charge < -0.3 is 9.64 Å². The van der Waals surface area contributed by atoms with Crippen LogP contribution in [-0.2, 0) is 17.7 Å². The Balaban J connectivity index is 1.61. The van der Waals surface area contributed by atoms with Crippen LogP contribution >= 0.6 is 0 Å². The van der Waals surface area contributed by atoms with Crippen molar-refractivity contribution < 1.29 is 4.74 Å². The van der Waals surface area contributed by atoms with Crippen LogP contribution in [0.2, 0.25) is 0 Å². The maximum atomic E-state index is 5.81. The first kappa shape index (κ1) is 17.7. The van der Waals surface area contributed by atoms with E-state index in [2.05, 4.69) is 30.9 Å². The number of nitrogens with zero attached hydrogens (tertiary/aromatic N) is 6. The Kier molecular flexibility index (Phi) is 5.88. The molecule has 1 aliphatic heterocycles. The molecule has 3 heterocycles. The summed E-state index contributed by atoms with van der Waals surface area (Å²) in [4.78, 5) is 21.7. The molecule has 0 saturated carbocycles. The monoisotopic (exact) mass is 342 g/mol. The van der Waals surface area contributed by atoms with Gasteiger partial charge in [-0.15, -0.1) is 0 Å². The van der Waals surface area contributed by atoms with Crippen molar-refractivity contribution in [2.24, 2.45) is 5.92 Å². The predicted molar refractivity (Wildman–Crippen MR) is 96.4 cm³/mol. The summed E-state index contributed by atoms with van der Waals surface area (Å²) in [6, 6.07) is 2.06. The lowest BCUT2D eigenvalue weighted by molar-refractivity contribution is 0.121. The van der Waals surface area contributed by atoms with E-state index in [1.165, 1.54) is 0 Å². The highest BCUT2D eigenvalue weighted by Crippen LogP contribution is 2.15. The van der Waals surface area contributed by atoms with Gasteiger partial charge in [0.1, 0.15) is 6.33 Å². The van der Waals surface area contributed by atoms with Crippen LogP contribution in [0.5, 0.6) is 0 Å². The minimum Gasteiger partial charge on any atom is -0.380 e. The summed E-state index contributed by atoms with van der Waals surface area (Å²) in [6.07, 6.45) is 6.38. The van der Waals surface area contributed by atoms with Gasteiger partial charge in [-0.2, -0.15) is 0 Å². The zero-order valence-electron chi connectivity index (χ0n) is 15.2. The normalized spacial score (nSPS) is 18.8. The second kappa shape index (κ2) is 8.31. The van der Waals surface area contributed by atoms with Gasteiger partial charge in [0.2, 0.25) is 5.95 Å². The third-order valence-electron chi connectivity index (χ3n) is 4.28. The second-order valence-electron chi connectivity index (χ2n) is 6.82. The molecule has 0 N–H and O–H groups in total.